The zero-order valence-corrected chi connectivity index (χ0v) is 19.4. The highest BCUT2D eigenvalue weighted by Gasteiger charge is 2.56. The van der Waals surface area contributed by atoms with Crippen molar-refractivity contribution in [3.05, 3.63) is 53.8 Å². The number of sulfonamides is 1. The van der Waals surface area contributed by atoms with Gasteiger partial charge in [0, 0.05) is 30.5 Å². The van der Waals surface area contributed by atoms with Crippen LogP contribution in [0.5, 0.6) is 5.75 Å². The highest BCUT2D eigenvalue weighted by molar-refractivity contribution is 7.91. The van der Waals surface area contributed by atoms with Gasteiger partial charge in [-0.15, -0.1) is 0 Å². The van der Waals surface area contributed by atoms with Crippen LogP contribution in [0.4, 0.5) is 8.78 Å². The molecule has 10 heteroatoms. The Balaban J connectivity index is 1.52. The molecule has 1 saturated carbocycles. The Morgan fingerprint density at radius 1 is 1.24 bits per heavy atom. The van der Waals surface area contributed by atoms with Gasteiger partial charge in [0.05, 0.1) is 13.0 Å². The van der Waals surface area contributed by atoms with E-state index in [4.69, 9.17) is 9.84 Å². The molecule has 7 nitrogen and oxygen atoms in total. The van der Waals surface area contributed by atoms with Crippen molar-refractivity contribution in [1.82, 2.24) is 10.0 Å². The average molecular weight is 495 g/mol. The van der Waals surface area contributed by atoms with Gasteiger partial charge in [-0.2, -0.15) is 0 Å². The number of nitrogens with one attached hydrogen (secondary N) is 2. The number of halogens is 2. The van der Waals surface area contributed by atoms with Gasteiger partial charge in [0.25, 0.3) is 0 Å². The van der Waals surface area contributed by atoms with Crippen molar-refractivity contribution < 1.29 is 31.8 Å². The van der Waals surface area contributed by atoms with E-state index in [0.717, 1.165) is 18.5 Å². The van der Waals surface area contributed by atoms with E-state index in [2.05, 4.69) is 10.0 Å². The quantitative estimate of drug-likeness (QED) is 0.468. The maximum atomic E-state index is 14.5. The first-order valence-corrected chi connectivity index (χ1v) is 12.8. The number of carboxylic acid groups (broad SMARTS) is 1. The summed E-state index contributed by atoms with van der Waals surface area (Å²) in [6, 6.07) is 11.2. The molecule has 0 spiro atoms. The second-order valence-corrected chi connectivity index (χ2v) is 10.8. The van der Waals surface area contributed by atoms with Gasteiger partial charge in [-0.1, -0.05) is 36.4 Å². The first-order chi connectivity index (χ1) is 16.2. The lowest BCUT2D eigenvalue weighted by atomic mass is 9.92. The molecule has 1 aliphatic carbocycles. The van der Waals surface area contributed by atoms with Crippen LogP contribution < -0.4 is 14.8 Å². The second kappa shape index (κ2) is 9.97. The molecule has 1 heterocycles. The third kappa shape index (κ3) is 5.56. The van der Waals surface area contributed by atoms with Gasteiger partial charge in [-0.05, 0) is 43.0 Å². The molecule has 0 radical (unpaired) electrons. The lowest BCUT2D eigenvalue weighted by molar-refractivity contribution is -0.137. The number of rotatable bonds is 10. The fourth-order valence-electron chi connectivity index (χ4n) is 4.22. The minimum absolute atomic E-state index is 0.0139. The van der Waals surface area contributed by atoms with Gasteiger partial charge >= 0.3 is 5.97 Å². The molecule has 1 saturated heterocycles. The molecule has 2 aromatic rings. The normalized spacial score (nSPS) is 21.7. The molecule has 2 aliphatic rings. The summed E-state index contributed by atoms with van der Waals surface area (Å²) in [5.74, 6) is -1.64. The number of alkyl halides is 1. The summed E-state index contributed by atoms with van der Waals surface area (Å²) in [6.07, 6.45) is 1.68. The summed E-state index contributed by atoms with van der Waals surface area (Å²) in [5.41, 5.74) is 2.08. The molecular weight excluding hydrogens is 466 g/mol. The smallest absolute Gasteiger partial charge is 0.306 e. The Hall–Kier alpha value is -2.56. The van der Waals surface area contributed by atoms with Crippen molar-refractivity contribution >= 4 is 16.0 Å². The number of carbonyl (C=O) groups is 1. The summed E-state index contributed by atoms with van der Waals surface area (Å²) in [6.45, 7) is 0.571. The van der Waals surface area contributed by atoms with Crippen molar-refractivity contribution in [3.63, 3.8) is 0 Å². The maximum absolute atomic E-state index is 14.5. The Morgan fingerprint density at radius 3 is 2.74 bits per heavy atom. The fourth-order valence-corrected chi connectivity index (χ4v) is 5.75. The van der Waals surface area contributed by atoms with Gasteiger partial charge in [0.1, 0.15) is 0 Å². The molecule has 0 aromatic heterocycles. The molecule has 3 N–H and O–H groups in total. The van der Waals surface area contributed by atoms with Crippen molar-refractivity contribution in [2.45, 2.75) is 55.6 Å². The number of hydrogen-bond acceptors (Lipinski definition) is 5. The van der Waals surface area contributed by atoms with Gasteiger partial charge in [-0.25, -0.2) is 21.9 Å². The standard InChI is InChI=1S/C24H28F2N2O5S/c25-19-7-2-6-18(23(19)33-13-9-22(29)30)17-5-1-4-16(14-17)15-21-20(8-3-12-27-21)28-34(31,32)24(26)10-11-24/h1-2,4-7,14,20-21,27-28H,3,8-13,15H2,(H,29,30)/t20-,21-/m0/s1. The van der Waals surface area contributed by atoms with E-state index >= 15 is 0 Å². The predicted octanol–water partition coefficient (Wildman–Crippen LogP) is 3.39. The second-order valence-electron chi connectivity index (χ2n) is 8.83. The topological polar surface area (TPSA) is 105 Å². The Labute approximate surface area is 197 Å². The maximum Gasteiger partial charge on any atom is 0.306 e. The van der Waals surface area contributed by atoms with Gasteiger partial charge < -0.3 is 15.2 Å². The van der Waals surface area contributed by atoms with E-state index in [9.17, 15) is 22.0 Å². The van der Waals surface area contributed by atoms with E-state index in [-0.39, 0.29) is 37.7 Å². The van der Waals surface area contributed by atoms with Crippen LogP contribution in [0.1, 0.15) is 37.7 Å². The minimum atomic E-state index is -4.04. The van der Waals surface area contributed by atoms with Crippen LogP contribution in [0.3, 0.4) is 0 Å². The van der Waals surface area contributed by atoms with Gasteiger partial charge in [0.15, 0.2) is 11.6 Å². The first kappa shape index (κ1) is 24.6. The van der Waals surface area contributed by atoms with Crippen molar-refractivity contribution in [2.24, 2.45) is 0 Å². The Bertz CT molecular complexity index is 1150. The highest BCUT2D eigenvalue weighted by atomic mass is 32.2. The number of piperidine rings is 1. The summed E-state index contributed by atoms with van der Waals surface area (Å²) in [7, 11) is -4.04. The molecule has 0 bridgehead atoms. The molecule has 0 amide bonds. The van der Waals surface area contributed by atoms with E-state index < -0.39 is 32.9 Å². The zero-order chi connectivity index (χ0) is 24.3. The summed E-state index contributed by atoms with van der Waals surface area (Å²) < 4.78 is 61.6. The Morgan fingerprint density at radius 2 is 2.00 bits per heavy atom. The molecule has 34 heavy (non-hydrogen) atoms. The SMILES string of the molecule is O=C(O)CCOc1c(F)cccc1-c1cccc(C[C@@H]2NCCC[C@@H]2NS(=O)(=O)C2(F)CC2)c1. The molecule has 2 atom stereocenters. The first-order valence-electron chi connectivity index (χ1n) is 11.4. The largest absolute Gasteiger partial charge is 0.489 e. The zero-order valence-electron chi connectivity index (χ0n) is 18.6. The average Bonchev–Trinajstić information content (AvgIpc) is 3.55. The Kier molecular flexibility index (Phi) is 7.20. The number of benzene rings is 2. The van der Waals surface area contributed by atoms with E-state index in [1.165, 1.54) is 6.07 Å². The monoisotopic (exact) mass is 494 g/mol. The van der Waals surface area contributed by atoms with Crippen molar-refractivity contribution in [3.8, 4) is 16.9 Å². The molecule has 1 aliphatic heterocycles. The molecule has 4 rings (SSSR count). The fraction of sp³-hybridized carbons (Fsp3) is 0.458. The van der Waals surface area contributed by atoms with Crippen LogP contribution in [0.2, 0.25) is 0 Å². The van der Waals surface area contributed by atoms with Crippen LogP contribution in [-0.4, -0.2) is 49.7 Å². The van der Waals surface area contributed by atoms with Gasteiger partial charge in [-0.3, -0.25) is 4.79 Å². The van der Waals surface area contributed by atoms with Crippen LogP contribution >= 0.6 is 0 Å². The van der Waals surface area contributed by atoms with Crippen LogP contribution in [0, 0.1) is 5.82 Å². The summed E-state index contributed by atoms with van der Waals surface area (Å²) >= 11 is 0. The number of hydrogen-bond donors (Lipinski definition) is 3. The van der Waals surface area contributed by atoms with Crippen LogP contribution in [0.15, 0.2) is 42.5 Å². The number of carboxylic acids is 1. The molecular formula is C24H28F2N2O5S. The third-order valence-corrected chi connectivity index (χ3v) is 8.22. The number of ether oxygens (including phenoxy) is 1. The van der Waals surface area contributed by atoms with Crippen LogP contribution in [0.25, 0.3) is 11.1 Å². The van der Waals surface area contributed by atoms with E-state index in [0.29, 0.717) is 24.0 Å². The van der Waals surface area contributed by atoms with E-state index in [1.807, 2.05) is 18.2 Å². The third-order valence-electron chi connectivity index (χ3n) is 6.24. The summed E-state index contributed by atoms with van der Waals surface area (Å²) in [5, 5.41) is 10.0. The van der Waals surface area contributed by atoms with E-state index in [1.54, 1.807) is 18.2 Å². The molecule has 0 unspecified atom stereocenters. The van der Waals surface area contributed by atoms with Crippen molar-refractivity contribution in [2.75, 3.05) is 13.2 Å². The van der Waals surface area contributed by atoms with Gasteiger partial charge in [0.2, 0.25) is 15.0 Å². The minimum Gasteiger partial charge on any atom is -0.489 e. The number of aliphatic carboxylic acids is 1. The van der Waals surface area contributed by atoms with Crippen molar-refractivity contribution in [1.29, 1.82) is 0 Å². The molecule has 184 valence electrons. The lowest BCUT2D eigenvalue weighted by Crippen LogP contribution is -2.55. The number of para-hydroxylation sites is 1. The highest BCUT2D eigenvalue weighted by Crippen LogP contribution is 2.44. The molecule has 2 aromatic carbocycles. The predicted molar refractivity (Wildman–Crippen MR) is 123 cm³/mol. The van der Waals surface area contributed by atoms with Crippen LogP contribution in [-0.2, 0) is 21.2 Å². The molecule has 2 fully saturated rings. The lowest BCUT2D eigenvalue weighted by Gasteiger charge is -2.33. The summed E-state index contributed by atoms with van der Waals surface area (Å²) in [4.78, 5) is 10.8.